The molecule has 0 saturated carbocycles. The molecule has 4 heterocycles. The van der Waals surface area contributed by atoms with Gasteiger partial charge in [0.1, 0.15) is 10.7 Å². The molecule has 0 unspecified atom stereocenters. The summed E-state index contributed by atoms with van der Waals surface area (Å²) in [6.07, 6.45) is -4.62. The lowest BCUT2D eigenvalue weighted by Gasteiger charge is -2.09. The average Bonchev–Trinajstić information content (AvgIpc) is 3.25. The molecule has 4 aromatic rings. The fourth-order valence-corrected chi connectivity index (χ4v) is 3.17. The van der Waals surface area contributed by atoms with Crippen LogP contribution in [0.3, 0.4) is 0 Å². The predicted molar refractivity (Wildman–Crippen MR) is 84.3 cm³/mol. The molecule has 0 saturated heterocycles. The van der Waals surface area contributed by atoms with Gasteiger partial charge in [-0.1, -0.05) is 22.8 Å². The zero-order valence-electron chi connectivity index (χ0n) is 12.4. The highest BCUT2D eigenvalue weighted by Crippen LogP contribution is 2.35. The Labute approximate surface area is 146 Å². The van der Waals surface area contributed by atoms with Crippen LogP contribution < -0.4 is 0 Å². The van der Waals surface area contributed by atoms with Crippen molar-refractivity contribution in [2.24, 2.45) is 0 Å². The Morgan fingerprint density at radius 3 is 2.76 bits per heavy atom. The molecule has 0 N–H and O–H groups in total. The van der Waals surface area contributed by atoms with Gasteiger partial charge < -0.3 is 4.52 Å². The molecule has 0 bridgehead atoms. The van der Waals surface area contributed by atoms with Crippen LogP contribution in [0.25, 0.3) is 27.9 Å². The van der Waals surface area contributed by atoms with Gasteiger partial charge in [-0.3, -0.25) is 0 Å². The van der Waals surface area contributed by atoms with Crippen LogP contribution in [0.5, 0.6) is 0 Å². The minimum Gasteiger partial charge on any atom is -0.332 e. The van der Waals surface area contributed by atoms with E-state index >= 15 is 0 Å². The first-order valence-electron chi connectivity index (χ1n) is 6.85. The third-order valence-electron chi connectivity index (χ3n) is 3.32. The van der Waals surface area contributed by atoms with Gasteiger partial charge in [0.2, 0.25) is 5.82 Å². The molecular formula is C14H7ClF3N5OS. The topological polar surface area (TPSA) is 69.1 Å². The van der Waals surface area contributed by atoms with Crippen LogP contribution in [-0.2, 0) is 6.18 Å². The summed E-state index contributed by atoms with van der Waals surface area (Å²) < 4.78 is 45.5. The molecule has 0 amide bonds. The Hall–Kier alpha value is -2.46. The van der Waals surface area contributed by atoms with E-state index in [1.807, 2.05) is 11.4 Å². The van der Waals surface area contributed by atoms with Crippen LogP contribution in [0.15, 0.2) is 28.1 Å². The highest BCUT2D eigenvalue weighted by atomic mass is 35.5. The van der Waals surface area contributed by atoms with E-state index in [4.69, 9.17) is 16.1 Å². The highest BCUT2D eigenvalue weighted by Gasteiger charge is 2.36. The molecule has 4 aromatic heterocycles. The summed E-state index contributed by atoms with van der Waals surface area (Å²) >= 11 is 7.58. The molecule has 0 spiro atoms. The molecule has 128 valence electrons. The minimum atomic E-state index is -4.62. The van der Waals surface area contributed by atoms with E-state index in [0.29, 0.717) is 10.3 Å². The lowest BCUT2D eigenvalue weighted by atomic mass is 10.3. The summed E-state index contributed by atoms with van der Waals surface area (Å²) in [6, 6.07) is 4.50. The molecule has 0 fully saturated rings. The fourth-order valence-electron chi connectivity index (χ4n) is 2.28. The van der Waals surface area contributed by atoms with Crippen molar-refractivity contribution in [2.45, 2.75) is 13.1 Å². The van der Waals surface area contributed by atoms with Crippen molar-refractivity contribution >= 4 is 28.6 Å². The number of nitrogens with zero attached hydrogens (tertiary/aromatic N) is 5. The zero-order chi connectivity index (χ0) is 17.8. The molecule has 0 aliphatic rings. The fraction of sp³-hybridized carbons (Fsp3) is 0.143. The molecule has 0 atom stereocenters. The van der Waals surface area contributed by atoms with Crippen molar-refractivity contribution in [1.82, 2.24) is 24.7 Å². The van der Waals surface area contributed by atoms with E-state index < -0.39 is 11.9 Å². The number of halogens is 4. The first-order chi connectivity index (χ1) is 11.8. The smallest absolute Gasteiger partial charge is 0.332 e. The summed E-state index contributed by atoms with van der Waals surface area (Å²) in [4.78, 5) is 8.94. The van der Waals surface area contributed by atoms with E-state index in [1.54, 1.807) is 6.07 Å². The van der Waals surface area contributed by atoms with Gasteiger partial charge in [0.05, 0.1) is 4.88 Å². The lowest BCUT2D eigenvalue weighted by molar-refractivity contribution is -0.142. The monoisotopic (exact) mass is 385 g/mol. The summed E-state index contributed by atoms with van der Waals surface area (Å²) in [5.74, 6) is 0.225. The van der Waals surface area contributed by atoms with Crippen molar-refractivity contribution in [3.8, 4) is 22.3 Å². The molecule has 0 aliphatic carbocycles. The van der Waals surface area contributed by atoms with Gasteiger partial charge in [0.15, 0.2) is 11.3 Å². The van der Waals surface area contributed by atoms with Crippen LogP contribution in [0.1, 0.15) is 11.4 Å². The van der Waals surface area contributed by atoms with Gasteiger partial charge >= 0.3 is 6.18 Å². The van der Waals surface area contributed by atoms with Crippen LogP contribution in [0.2, 0.25) is 5.02 Å². The maximum atomic E-state index is 13.2. The van der Waals surface area contributed by atoms with Gasteiger partial charge in [-0.15, -0.1) is 11.3 Å². The first-order valence-corrected chi connectivity index (χ1v) is 8.11. The molecule has 4 rings (SSSR count). The standard InChI is InChI=1S/C14H7ClF3N5OS/c1-6-5-8(14(16,17)18)23-12(19-6)9(15)10(21-23)13-20-11(22-24-13)7-3-2-4-25-7/h2-5H,1H3. The second-order valence-corrected chi connectivity index (χ2v) is 6.40. The molecule has 25 heavy (non-hydrogen) atoms. The quantitative estimate of drug-likeness (QED) is 0.508. The lowest BCUT2D eigenvalue weighted by Crippen LogP contribution is -2.13. The Morgan fingerprint density at radius 1 is 1.28 bits per heavy atom. The Kier molecular flexibility index (Phi) is 3.55. The van der Waals surface area contributed by atoms with Crippen LogP contribution in [0, 0.1) is 6.92 Å². The Bertz CT molecular complexity index is 1070. The van der Waals surface area contributed by atoms with E-state index in [9.17, 15) is 13.2 Å². The number of aryl methyl sites for hydroxylation is 1. The summed E-state index contributed by atoms with van der Waals surface area (Å²) in [5, 5.41) is 9.45. The number of hydrogen-bond acceptors (Lipinski definition) is 6. The largest absolute Gasteiger partial charge is 0.433 e. The third-order valence-corrected chi connectivity index (χ3v) is 4.54. The number of rotatable bonds is 2. The molecule has 0 aliphatic heterocycles. The predicted octanol–water partition coefficient (Wildman–Crippen LogP) is 4.49. The number of aromatic nitrogens is 5. The number of thiophene rings is 1. The van der Waals surface area contributed by atoms with E-state index in [0.717, 1.165) is 10.9 Å². The normalized spacial score (nSPS) is 12.2. The maximum Gasteiger partial charge on any atom is 0.433 e. The highest BCUT2D eigenvalue weighted by molar-refractivity contribution is 7.13. The first kappa shape index (κ1) is 16.0. The molecule has 0 aromatic carbocycles. The van der Waals surface area contributed by atoms with Crippen molar-refractivity contribution in [2.75, 3.05) is 0 Å². The van der Waals surface area contributed by atoms with Crippen LogP contribution in [0.4, 0.5) is 13.2 Å². The van der Waals surface area contributed by atoms with Crippen molar-refractivity contribution in [1.29, 1.82) is 0 Å². The maximum absolute atomic E-state index is 13.2. The van der Waals surface area contributed by atoms with Crippen molar-refractivity contribution in [3.63, 3.8) is 0 Å². The number of hydrogen-bond donors (Lipinski definition) is 0. The SMILES string of the molecule is Cc1cc(C(F)(F)F)n2nc(-c3nc(-c4cccs4)no3)c(Cl)c2n1. The third kappa shape index (κ3) is 2.67. The van der Waals surface area contributed by atoms with Crippen molar-refractivity contribution in [3.05, 3.63) is 40.0 Å². The molecule has 0 radical (unpaired) electrons. The molecule has 6 nitrogen and oxygen atoms in total. The van der Waals surface area contributed by atoms with E-state index in [2.05, 4.69) is 20.2 Å². The summed E-state index contributed by atoms with van der Waals surface area (Å²) in [7, 11) is 0. The van der Waals surface area contributed by atoms with Gasteiger partial charge in [0.25, 0.3) is 5.89 Å². The zero-order valence-corrected chi connectivity index (χ0v) is 13.9. The molecular weight excluding hydrogens is 379 g/mol. The minimum absolute atomic E-state index is 0.0550. The molecule has 11 heteroatoms. The van der Waals surface area contributed by atoms with Crippen molar-refractivity contribution < 1.29 is 17.7 Å². The average molecular weight is 386 g/mol. The Balaban J connectivity index is 1.90. The van der Waals surface area contributed by atoms with E-state index in [-0.39, 0.29) is 27.9 Å². The number of alkyl halides is 3. The second kappa shape index (κ2) is 5.53. The van der Waals surface area contributed by atoms with Crippen LogP contribution in [-0.4, -0.2) is 24.7 Å². The van der Waals surface area contributed by atoms with Gasteiger partial charge in [-0.25, -0.2) is 9.50 Å². The van der Waals surface area contributed by atoms with Gasteiger partial charge in [0, 0.05) is 5.69 Å². The number of fused-ring (bicyclic) bond motifs is 1. The Morgan fingerprint density at radius 2 is 2.08 bits per heavy atom. The van der Waals surface area contributed by atoms with Gasteiger partial charge in [-0.05, 0) is 24.4 Å². The van der Waals surface area contributed by atoms with Crippen LogP contribution >= 0.6 is 22.9 Å². The summed E-state index contributed by atoms with van der Waals surface area (Å²) in [6.45, 7) is 1.44. The summed E-state index contributed by atoms with van der Waals surface area (Å²) in [5.41, 5.74) is -1.00. The van der Waals surface area contributed by atoms with Gasteiger partial charge in [-0.2, -0.15) is 23.3 Å². The second-order valence-electron chi connectivity index (χ2n) is 5.08. The van der Waals surface area contributed by atoms with E-state index in [1.165, 1.54) is 18.3 Å².